The SMILES string of the molecule is COc1ccc(/C=C(\C#N)C(=O)Nc2ccccc2)c(OCc2ccc([N+](=O)[O-])cc2)c1. The summed E-state index contributed by atoms with van der Waals surface area (Å²) in [5.41, 5.74) is 1.69. The first kappa shape index (κ1) is 22.1. The summed E-state index contributed by atoms with van der Waals surface area (Å²) < 4.78 is 11.1. The van der Waals surface area contributed by atoms with Crippen molar-refractivity contribution in [2.24, 2.45) is 0 Å². The number of anilines is 1. The van der Waals surface area contributed by atoms with Crippen LogP contribution in [0.3, 0.4) is 0 Å². The van der Waals surface area contributed by atoms with E-state index in [1.165, 1.54) is 25.3 Å². The number of carbonyl (C=O) groups excluding carboxylic acids is 1. The number of methoxy groups -OCH3 is 1. The van der Waals surface area contributed by atoms with Gasteiger partial charge >= 0.3 is 0 Å². The van der Waals surface area contributed by atoms with E-state index in [1.807, 2.05) is 12.1 Å². The van der Waals surface area contributed by atoms with E-state index in [9.17, 15) is 20.2 Å². The fourth-order valence-electron chi connectivity index (χ4n) is 2.78. The molecule has 1 N–H and O–H groups in total. The summed E-state index contributed by atoms with van der Waals surface area (Å²) in [4.78, 5) is 22.9. The van der Waals surface area contributed by atoms with Crippen LogP contribution in [0.5, 0.6) is 11.5 Å². The number of amides is 1. The van der Waals surface area contributed by atoms with Crippen LogP contribution in [0, 0.1) is 21.4 Å². The van der Waals surface area contributed by atoms with Gasteiger partial charge in [0.2, 0.25) is 0 Å². The number of benzene rings is 3. The van der Waals surface area contributed by atoms with E-state index >= 15 is 0 Å². The summed E-state index contributed by atoms with van der Waals surface area (Å²) >= 11 is 0. The van der Waals surface area contributed by atoms with Crippen molar-refractivity contribution >= 4 is 23.4 Å². The molecule has 3 rings (SSSR count). The maximum Gasteiger partial charge on any atom is 0.269 e. The van der Waals surface area contributed by atoms with E-state index in [4.69, 9.17) is 9.47 Å². The van der Waals surface area contributed by atoms with Crippen LogP contribution in [0.2, 0.25) is 0 Å². The number of hydrogen-bond donors (Lipinski definition) is 1. The predicted molar refractivity (Wildman–Crippen MR) is 119 cm³/mol. The van der Waals surface area contributed by atoms with Gasteiger partial charge in [0.15, 0.2) is 0 Å². The molecular weight excluding hydrogens is 410 g/mol. The molecule has 0 saturated heterocycles. The molecule has 0 bridgehead atoms. The Morgan fingerprint density at radius 1 is 1.12 bits per heavy atom. The number of nitro benzene ring substituents is 1. The molecule has 0 aliphatic heterocycles. The molecule has 0 radical (unpaired) electrons. The molecule has 0 atom stereocenters. The minimum absolute atomic E-state index is 0.0122. The summed E-state index contributed by atoms with van der Waals surface area (Å²) in [5, 5.41) is 23.0. The van der Waals surface area contributed by atoms with Gasteiger partial charge in [-0.15, -0.1) is 0 Å². The van der Waals surface area contributed by atoms with E-state index < -0.39 is 10.8 Å². The lowest BCUT2D eigenvalue weighted by Crippen LogP contribution is -2.13. The number of ether oxygens (including phenoxy) is 2. The standard InChI is InChI=1S/C24H19N3O5/c1-31-22-12-9-18(13-19(15-25)24(28)26-20-5-3-2-4-6-20)23(14-22)32-16-17-7-10-21(11-8-17)27(29)30/h2-14H,16H2,1H3,(H,26,28)/b19-13+. The quantitative estimate of drug-likeness (QED) is 0.240. The molecule has 0 aliphatic rings. The van der Waals surface area contributed by atoms with Crippen molar-refractivity contribution in [1.29, 1.82) is 5.26 Å². The number of para-hydroxylation sites is 1. The minimum Gasteiger partial charge on any atom is -0.497 e. The Morgan fingerprint density at radius 2 is 1.84 bits per heavy atom. The second-order valence-corrected chi connectivity index (χ2v) is 6.61. The van der Waals surface area contributed by atoms with Crippen molar-refractivity contribution in [3.8, 4) is 17.6 Å². The monoisotopic (exact) mass is 429 g/mol. The topological polar surface area (TPSA) is 114 Å². The van der Waals surface area contributed by atoms with Crippen molar-refractivity contribution in [3.05, 3.63) is 99.6 Å². The van der Waals surface area contributed by atoms with Crippen LogP contribution in [0.15, 0.2) is 78.4 Å². The van der Waals surface area contributed by atoms with E-state index in [0.717, 1.165) is 5.56 Å². The van der Waals surface area contributed by atoms with Crippen molar-refractivity contribution in [1.82, 2.24) is 0 Å². The zero-order chi connectivity index (χ0) is 22.9. The Balaban J connectivity index is 1.83. The highest BCUT2D eigenvalue weighted by atomic mass is 16.6. The molecule has 0 heterocycles. The summed E-state index contributed by atoms with van der Waals surface area (Å²) in [7, 11) is 1.51. The van der Waals surface area contributed by atoms with E-state index in [2.05, 4.69) is 5.32 Å². The van der Waals surface area contributed by atoms with Gasteiger partial charge in [0.1, 0.15) is 29.7 Å². The van der Waals surface area contributed by atoms with E-state index in [1.54, 1.807) is 54.6 Å². The summed E-state index contributed by atoms with van der Waals surface area (Å²) in [6.07, 6.45) is 1.43. The van der Waals surface area contributed by atoms with Gasteiger partial charge in [-0.1, -0.05) is 18.2 Å². The van der Waals surface area contributed by atoms with Crippen LogP contribution < -0.4 is 14.8 Å². The fraction of sp³-hybridized carbons (Fsp3) is 0.0833. The predicted octanol–water partition coefficient (Wildman–Crippen LogP) is 4.73. The fourth-order valence-corrected chi connectivity index (χ4v) is 2.78. The van der Waals surface area contributed by atoms with Gasteiger partial charge in [-0.05, 0) is 48.0 Å². The normalized spacial score (nSPS) is 10.7. The Kier molecular flexibility index (Phi) is 7.17. The maximum absolute atomic E-state index is 12.5. The van der Waals surface area contributed by atoms with E-state index in [-0.39, 0.29) is 17.9 Å². The van der Waals surface area contributed by atoms with Gasteiger partial charge in [0.05, 0.1) is 12.0 Å². The summed E-state index contributed by atoms with van der Waals surface area (Å²) in [5.74, 6) is 0.381. The number of nitriles is 1. The maximum atomic E-state index is 12.5. The van der Waals surface area contributed by atoms with E-state index in [0.29, 0.717) is 22.7 Å². The van der Waals surface area contributed by atoms with Crippen molar-refractivity contribution < 1.29 is 19.2 Å². The molecular formula is C24H19N3O5. The summed E-state index contributed by atoms with van der Waals surface area (Å²) in [6, 6.07) is 21.7. The number of rotatable bonds is 8. The molecule has 32 heavy (non-hydrogen) atoms. The number of carbonyl (C=O) groups is 1. The molecule has 3 aromatic rings. The first-order valence-corrected chi connectivity index (χ1v) is 9.52. The molecule has 1 amide bonds. The third-order valence-electron chi connectivity index (χ3n) is 4.46. The molecule has 3 aromatic carbocycles. The lowest BCUT2D eigenvalue weighted by Gasteiger charge is -2.12. The minimum atomic E-state index is -0.546. The summed E-state index contributed by atoms with van der Waals surface area (Å²) in [6.45, 7) is 0.129. The molecule has 0 saturated carbocycles. The molecule has 8 nitrogen and oxygen atoms in total. The number of nitrogens with one attached hydrogen (secondary N) is 1. The highest BCUT2D eigenvalue weighted by molar-refractivity contribution is 6.09. The van der Waals surface area contributed by atoms with Crippen LogP contribution in [-0.2, 0) is 11.4 Å². The first-order valence-electron chi connectivity index (χ1n) is 9.52. The van der Waals surface area contributed by atoms with Gasteiger partial charge in [-0.2, -0.15) is 5.26 Å². The lowest BCUT2D eigenvalue weighted by molar-refractivity contribution is -0.384. The first-order chi connectivity index (χ1) is 15.5. The third-order valence-corrected chi connectivity index (χ3v) is 4.46. The second kappa shape index (κ2) is 10.4. The molecule has 0 unspecified atom stereocenters. The van der Waals surface area contributed by atoms with Crippen LogP contribution in [-0.4, -0.2) is 17.9 Å². The highest BCUT2D eigenvalue weighted by Gasteiger charge is 2.13. The zero-order valence-corrected chi connectivity index (χ0v) is 17.1. The highest BCUT2D eigenvalue weighted by Crippen LogP contribution is 2.28. The molecule has 0 spiro atoms. The number of hydrogen-bond acceptors (Lipinski definition) is 6. The van der Waals surface area contributed by atoms with Gasteiger partial charge in [-0.25, -0.2) is 0 Å². The molecule has 0 aliphatic carbocycles. The third kappa shape index (κ3) is 5.70. The van der Waals surface area contributed by atoms with Gasteiger partial charge in [0, 0.05) is 29.4 Å². The van der Waals surface area contributed by atoms with Crippen LogP contribution in [0.4, 0.5) is 11.4 Å². The van der Waals surface area contributed by atoms with Gasteiger partial charge < -0.3 is 14.8 Å². The average molecular weight is 429 g/mol. The number of nitrogens with zero attached hydrogens (tertiary/aromatic N) is 2. The lowest BCUT2D eigenvalue weighted by atomic mass is 10.1. The average Bonchev–Trinajstić information content (AvgIpc) is 2.82. The molecule has 160 valence electrons. The van der Waals surface area contributed by atoms with Gasteiger partial charge in [0.25, 0.3) is 11.6 Å². The Bertz CT molecular complexity index is 1180. The number of non-ortho nitro benzene ring substituents is 1. The van der Waals surface area contributed by atoms with Crippen LogP contribution in [0.1, 0.15) is 11.1 Å². The molecule has 8 heteroatoms. The Hall–Kier alpha value is -4.64. The van der Waals surface area contributed by atoms with Crippen LogP contribution in [0.25, 0.3) is 6.08 Å². The van der Waals surface area contributed by atoms with Crippen molar-refractivity contribution in [3.63, 3.8) is 0 Å². The smallest absolute Gasteiger partial charge is 0.269 e. The Morgan fingerprint density at radius 3 is 2.47 bits per heavy atom. The Labute approximate surface area is 184 Å². The van der Waals surface area contributed by atoms with Crippen molar-refractivity contribution in [2.45, 2.75) is 6.61 Å². The zero-order valence-electron chi connectivity index (χ0n) is 17.1. The second-order valence-electron chi connectivity index (χ2n) is 6.61. The number of nitro groups is 1. The van der Waals surface area contributed by atoms with Gasteiger partial charge in [-0.3, -0.25) is 14.9 Å². The largest absolute Gasteiger partial charge is 0.497 e. The van der Waals surface area contributed by atoms with Crippen LogP contribution >= 0.6 is 0 Å². The molecule has 0 aromatic heterocycles. The molecule has 0 fully saturated rings. The van der Waals surface area contributed by atoms with Crippen molar-refractivity contribution in [2.75, 3.05) is 12.4 Å².